The van der Waals surface area contributed by atoms with Gasteiger partial charge in [-0.1, -0.05) is 34.1 Å². The van der Waals surface area contributed by atoms with Crippen molar-refractivity contribution in [3.8, 4) is 11.5 Å². The van der Waals surface area contributed by atoms with Crippen molar-refractivity contribution < 1.29 is 23.9 Å². The Balaban J connectivity index is 1.57. The average Bonchev–Trinajstić information content (AvgIpc) is 2.85. The van der Waals surface area contributed by atoms with E-state index in [-0.39, 0.29) is 12.5 Å². The van der Waals surface area contributed by atoms with Gasteiger partial charge in [-0.25, -0.2) is 5.43 Å². The smallest absolute Gasteiger partial charge is 0.329 e. The molecule has 0 bridgehead atoms. The third-order valence-corrected chi connectivity index (χ3v) is 5.17. The first-order chi connectivity index (χ1) is 16.9. The number of amides is 3. The van der Waals surface area contributed by atoms with E-state index in [0.717, 1.165) is 10.0 Å². The van der Waals surface area contributed by atoms with Gasteiger partial charge in [0, 0.05) is 21.4 Å². The number of nitrogens with zero attached hydrogens (tertiary/aromatic N) is 1. The Morgan fingerprint density at radius 1 is 0.971 bits per heavy atom. The molecule has 0 saturated carbocycles. The van der Waals surface area contributed by atoms with Gasteiger partial charge in [-0.3, -0.25) is 14.4 Å². The quantitative estimate of drug-likeness (QED) is 0.228. The monoisotopic (exact) mass is 538 g/mol. The Labute approximate surface area is 210 Å². The Kier molecular flexibility index (Phi) is 8.96. The topological polar surface area (TPSA) is 118 Å². The number of hydrogen-bond donors (Lipinski definition) is 3. The van der Waals surface area contributed by atoms with Gasteiger partial charge in [-0.05, 0) is 61.0 Å². The summed E-state index contributed by atoms with van der Waals surface area (Å²) in [6.45, 7) is 1.67. The van der Waals surface area contributed by atoms with Crippen LogP contribution in [0.25, 0.3) is 0 Å². The van der Waals surface area contributed by atoms with Gasteiger partial charge < -0.3 is 20.1 Å². The zero-order chi connectivity index (χ0) is 25.2. The third kappa shape index (κ3) is 7.68. The van der Waals surface area contributed by atoms with E-state index >= 15 is 0 Å². The summed E-state index contributed by atoms with van der Waals surface area (Å²) < 4.78 is 11.4. The predicted molar refractivity (Wildman–Crippen MR) is 137 cm³/mol. The lowest BCUT2D eigenvalue weighted by Gasteiger charge is -2.11. The largest absolute Gasteiger partial charge is 0.497 e. The number of hydrazone groups is 1. The number of para-hydroxylation sites is 1. The number of nitrogens with one attached hydrogen (secondary N) is 3. The molecule has 180 valence electrons. The minimum atomic E-state index is -0.952. The van der Waals surface area contributed by atoms with Gasteiger partial charge in [0.2, 0.25) is 0 Å². The van der Waals surface area contributed by atoms with Crippen molar-refractivity contribution in [2.45, 2.75) is 6.92 Å². The van der Waals surface area contributed by atoms with Crippen LogP contribution < -0.4 is 25.5 Å². The van der Waals surface area contributed by atoms with Crippen LogP contribution in [0.15, 0.2) is 76.3 Å². The van der Waals surface area contributed by atoms with E-state index in [9.17, 15) is 14.4 Å². The average molecular weight is 539 g/mol. The first kappa shape index (κ1) is 25.4. The van der Waals surface area contributed by atoms with Crippen molar-refractivity contribution in [3.05, 3.63) is 82.3 Å². The highest BCUT2D eigenvalue weighted by molar-refractivity contribution is 9.10. The molecule has 3 aromatic carbocycles. The number of ether oxygens (including phenoxy) is 2. The molecule has 10 heteroatoms. The van der Waals surface area contributed by atoms with Gasteiger partial charge in [0.25, 0.3) is 5.91 Å². The molecule has 0 spiro atoms. The molecule has 3 amide bonds. The molecule has 0 aliphatic rings. The Bertz CT molecular complexity index is 1240. The summed E-state index contributed by atoms with van der Waals surface area (Å²) in [7, 11) is 1.53. The molecule has 3 N–H and O–H groups in total. The summed E-state index contributed by atoms with van der Waals surface area (Å²) in [5.74, 6) is -1.17. The zero-order valence-electron chi connectivity index (χ0n) is 19.0. The van der Waals surface area contributed by atoms with E-state index in [1.165, 1.54) is 13.3 Å². The second-order valence-electron chi connectivity index (χ2n) is 7.22. The van der Waals surface area contributed by atoms with E-state index in [4.69, 9.17) is 9.47 Å². The molecule has 0 fully saturated rings. The second-order valence-corrected chi connectivity index (χ2v) is 8.13. The lowest BCUT2D eigenvalue weighted by Crippen LogP contribution is -2.32. The van der Waals surface area contributed by atoms with Gasteiger partial charge in [0.1, 0.15) is 11.5 Å². The first-order valence-corrected chi connectivity index (χ1v) is 11.2. The lowest BCUT2D eigenvalue weighted by atomic mass is 10.2. The zero-order valence-corrected chi connectivity index (χ0v) is 20.6. The van der Waals surface area contributed by atoms with Crippen LogP contribution in [0, 0.1) is 6.92 Å². The molecule has 0 aliphatic carbocycles. The fourth-order valence-electron chi connectivity index (χ4n) is 2.87. The molecular formula is C25H23BrN4O5. The van der Waals surface area contributed by atoms with Crippen LogP contribution in [-0.4, -0.2) is 37.7 Å². The number of methoxy groups -OCH3 is 1. The van der Waals surface area contributed by atoms with Crippen molar-refractivity contribution >= 4 is 51.2 Å². The molecular weight excluding hydrogens is 516 g/mol. The lowest BCUT2D eigenvalue weighted by molar-refractivity contribution is -0.136. The van der Waals surface area contributed by atoms with Crippen LogP contribution >= 0.6 is 15.9 Å². The van der Waals surface area contributed by atoms with E-state index in [1.54, 1.807) is 48.5 Å². The number of hydrogen-bond acceptors (Lipinski definition) is 6. The van der Waals surface area contributed by atoms with Gasteiger partial charge >= 0.3 is 11.8 Å². The Morgan fingerprint density at radius 3 is 2.43 bits per heavy atom. The van der Waals surface area contributed by atoms with Crippen LogP contribution in [0.1, 0.15) is 11.1 Å². The Hall–Kier alpha value is -4.18. The number of anilines is 2. The highest BCUT2D eigenvalue weighted by Gasteiger charge is 2.13. The van der Waals surface area contributed by atoms with E-state index in [0.29, 0.717) is 28.4 Å². The highest BCUT2D eigenvalue weighted by Crippen LogP contribution is 2.22. The standard InChI is InChI=1S/C25H23BrN4O5/c1-16-5-3-4-6-21(16)29-23(31)15-35-22-12-7-18(26)13-17(22)14-27-30-25(33)24(32)28-19-8-10-20(34-2)11-9-19/h3-14H,15H2,1-2H3,(H,28,32)(H,29,31)(H,30,33)/b27-14-. The fraction of sp³-hybridized carbons (Fsp3) is 0.120. The highest BCUT2D eigenvalue weighted by atomic mass is 79.9. The molecule has 35 heavy (non-hydrogen) atoms. The molecule has 0 atom stereocenters. The molecule has 0 radical (unpaired) electrons. The summed E-state index contributed by atoms with van der Waals surface area (Å²) in [5.41, 5.74) is 4.72. The van der Waals surface area contributed by atoms with Gasteiger partial charge in [0.05, 0.1) is 13.3 Å². The maximum atomic E-state index is 12.3. The van der Waals surface area contributed by atoms with Crippen LogP contribution in [0.2, 0.25) is 0 Å². The maximum Gasteiger partial charge on any atom is 0.329 e. The summed E-state index contributed by atoms with van der Waals surface area (Å²) in [6.07, 6.45) is 1.32. The third-order valence-electron chi connectivity index (χ3n) is 4.67. The van der Waals surface area contributed by atoms with E-state index < -0.39 is 11.8 Å². The normalized spacial score (nSPS) is 10.5. The second kappa shape index (κ2) is 12.3. The van der Waals surface area contributed by atoms with Crippen molar-refractivity contribution in [2.24, 2.45) is 5.10 Å². The molecule has 9 nitrogen and oxygen atoms in total. The summed E-state index contributed by atoms with van der Waals surface area (Å²) in [5, 5.41) is 9.09. The van der Waals surface area contributed by atoms with Crippen molar-refractivity contribution in [2.75, 3.05) is 24.4 Å². The number of aryl methyl sites for hydroxylation is 1. The van der Waals surface area contributed by atoms with E-state index in [2.05, 4.69) is 37.1 Å². The molecule has 0 aliphatic heterocycles. The van der Waals surface area contributed by atoms with Crippen molar-refractivity contribution in [3.63, 3.8) is 0 Å². The summed E-state index contributed by atoms with van der Waals surface area (Å²) >= 11 is 3.36. The molecule has 0 heterocycles. The predicted octanol–water partition coefficient (Wildman–Crippen LogP) is 3.87. The summed E-state index contributed by atoms with van der Waals surface area (Å²) in [6, 6.07) is 19.0. The first-order valence-electron chi connectivity index (χ1n) is 10.4. The SMILES string of the molecule is COc1ccc(NC(=O)C(=O)N/N=C\c2cc(Br)ccc2OCC(=O)Nc2ccccc2C)cc1. The van der Waals surface area contributed by atoms with Crippen LogP contribution in [-0.2, 0) is 14.4 Å². The van der Waals surface area contributed by atoms with E-state index in [1.807, 2.05) is 25.1 Å². The molecule has 0 saturated heterocycles. The summed E-state index contributed by atoms with van der Waals surface area (Å²) in [4.78, 5) is 36.4. The number of benzene rings is 3. The van der Waals surface area contributed by atoms with Gasteiger partial charge in [0.15, 0.2) is 6.61 Å². The van der Waals surface area contributed by atoms with Crippen molar-refractivity contribution in [1.29, 1.82) is 0 Å². The molecule has 3 rings (SSSR count). The number of halogens is 1. The number of carbonyl (C=O) groups is 3. The number of rotatable bonds is 8. The minimum absolute atomic E-state index is 0.229. The number of carbonyl (C=O) groups excluding carboxylic acids is 3. The molecule has 3 aromatic rings. The molecule has 0 unspecified atom stereocenters. The van der Waals surface area contributed by atoms with Crippen LogP contribution in [0.3, 0.4) is 0 Å². The van der Waals surface area contributed by atoms with Gasteiger partial charge in [-0.15, -0.1) is 0 Å². The maximum absolute atomic E-state index is 12.3. The Morgan fingerprint density at radius 2 is 1.71 bits per heavy atom. The van der Waals surface area contributed by atoms with Gasteiger partial charge in [-0.2, -0.15) is 5.10 Å². The minimum Gasteiger partial charge on any atom is -0.497 e. The van der Waals surface area contributed by atoms with Crippen LogP contribution in [0.5, 0.6) is 11.5 Å². The van der Waals surface area contributed by atoms with Crippen LogP contribution in [0.4, 0.5) is 11.4 Å². The van der Waals surface area contributed by atoms with Crippen molar-refractivity contribution in [1.82, 2.24) is 5.43 Å². The molecule has 0 aromatic heterocycles. The fourth-order valence-corrected chi connectivity index (χ4v) is 3.25.